The third kappa shape index (κ3) is 3.26. The van der Waals surface area contributed by atoms with Crippen LogP contribution in [0.2, 0.25) is 0 Å². The standard InChI is InChI=1S/C13H12N2OS/c14-13(17)12-7-6-11(8-15-12)16-9-10-4-2-1-3-5-10/h1-8H,9H2,(H2,14,17). The van der Waals surface area contributed by atoms with E-state index in [-0.39, 0.29) is 0 Å². The van der Waals surface area contributed by atoms with E-state index >= 15 is 0 Å². The molecule has 0 saturated heterocycles. The third-order valence-corrected chi connectivity index (χ3v) is 2.45. The maximum absolute atomic E-state index is 5.58. The number of pyridine rings is 1. The summed E-state index contributed by atoms with van der Waals surface area (Å²) in [6.45, 7) is 0.523. The van der Waals surface area contributed by atoms with Gasteiger partial charge in [-0.15, -0.1) is 0 Å². The molecular weight excluding hydrogens is 232 g/mol. The van der Waals surface area contributed by atoms with E-state index in [0.29, 0.717) is 23.0 Å². The molecule has 0 bridgehead atoms. The van der Waals surface area contributed by atoms with Crippen molar-refractivity contribution in [1.82, 2.24) is 4.98 Å². The highest BCUT2D eigenvalue weighted by atomic mass is 32.1. The first kappa shape index (κ1) is 11.5. The van der Waals surface area contributed by atoms with Crippen molar-refractivity contribution in [3.8, 4) is 5.75 Å². The number of hydrogen-bond acceptors (Lipinski definition) is 3. The summed E-state index contributed by atoms with van der Waals surface area (Å²) in [6, 6.07) is 13.5. The van der Waals surface area contributed by atoms with Gasteiger partial charge in [0.1, 0.15) is 17.3 Å². The van der Waals surface area contributed by atoms with Crippen molar-refractivity contribution in [3.63, 3.8) is 0 Å². The Bertz CT molecular complexity index is 497. The average molecular weight is 244 g/mol. The van der Waals surface area contributed by atoms with Crippen LogP contribution < -0.4 is 10.5 Å². The second-order valence-corrected chi connectivity index (χ2v) is 3.96. The Kier molecular flexibility index (Phi) is 3.67. The number of thiocarbonyl (C=S) groups is 1. The lowest BCUT2D eigenvalue weighted by atomic mass is 10.2. The van der Waals surface area contributed by atoms with E-state index in [2.05, 4.69) is 4.98 Å². The minimum Gasteiger partial charge on any atom is -0.487 e. The number of nitrogens with two attached hydrogens (primary N) is 1. The Labute approximate surface area is 105 Å². The number of nitrogens with zero attached hydrogens (tertiary/aromatic N) is 1. The molecule has 86 valence electrons. The number of aromatic nitrogens is 1. The molecule has 0 saturated carbocycles. The highest BCUT2D eigenvalue weighted by Crippen LogP contribution is 2.11. The van der Waals surface area contributed by atoms with Gasteiger partial charge in [-0.1, -0.05) is 42.5 Å². The third-order valence-electron chi connectivity index (χ3n) is 2.24. The molecule has 0 radical (unpaired) electrons. The van der Waals surface area contributed by atoms with E-state index in [1.807, 2.05) is 36.4 Å². The van der Waals surface area contributed by atoms with E-state index in [1.165, 1.54) is 0 Å². The lowest BCUT2D eigenvalue weighted by Gasteiger charge is -2.06. The first-order chi connectivity index (χ1) is 8.25. The lowest BCUT2D eigenvalue weighted by Crippen LogP contribution is -2.11. The maximum Gasteiger partial charge on any atom is 0.138 e. The van der Waals surface area contributed by atoms with Crippen LogP contribution in [0.1, 0.15) is 11.3 Å². The number of rotatable bonds is 4. The van der Waals surface area contributed by atoms with Crippen molar-refractivity contribution in [2.45, 2.75) is 6.61 Å². The van der Waals surface area contributed by atoms with Crippen LogP contribution in [0.4, 0.5) is 0 Å². The molecule has 0 unspecified atom stereocenters. The van der Waals surface area contributed by atoms with Gasteiger partial charge in [0.25, 0.3) is 0 Å². The monoisotopic (exact) mass is 244 g/mol. The molecule has 0 spiro atoms. The fourth-order valence-electron chi connectivity index (χ4n) is 1.35. The molecule has 4 heteroatoms. The summed E-state index contributed by atoms with van der Waals surface area (Å²) in [6.07, 6.45) is 1.62. The number of hydrogen-bond donors (Lipinski definition) is 1. The summed E-state index contributed by atoms with van der Waals surface area (Å²) in [4.78, 5) is 4.39. The van der Waals surface area contributed by atoms with E-state index in [1.54, 1.807) is 12.3 Å². The highest BCUT2D eigenvalue weighted by molar-refractivity contribution is 7.80. The average Bonchev–Trinajstić information content (AvgIpc) is 2.38. The zero-order chi connectivity index (χ0) is 12.1. The van der Waals surface area contributed by atoms with Gasteiger partial charge in [0.05, 0.1) is 11.9 Å². The summed E-state index contributed by atoms with van der Waals surface area (Å²) >= 11 is 4.82. The molecule has 2 aromatic rings. The largest absolute Gasteiger partial charge is 0.487 e. The Morgan fingerprint density at radius 3 is 2.53 bits per heavy atom. The Hall–Kier alpha value is -1.94. The Morgan fingerprint density at radius 2 is 1.94 bits per heavy atom. The molecule has 1 aromatic carbocycles. The van der Waals surface area contributed by atoms with Crippen molar-refractivity contribution >= 4 is 17.2 Å². The molecule has 1 heterocycles. The molecule has 1 aromatic heterocycles. The first-order valence-electron chi connectivity index (χ1n) is 5.18. The normalized spacial score (nSPS) is 9.88. The summed E-state index contributed by atoms with van der Waals surface area (Å²) in [5.41, 5.74) is 7.18. The van der Waals surface area contributed by atoms with E-state index in [0.717, 1.165) is 5.56 Å². The van der Waals surface area contributed by atoms with Gasteiger partial charge in [0, 0.05) is 0 Å². The van der Waals surface area contributed by atoms with Crippen LogP contribution in [0, 0.1) is 0 Å². The summed E-state index contributed by atoms with van der Waals surface area (Å²) in [5.74, 6) is 0.703. The van der Waals surface area contributed by atoms with Crippen molar-refractivity contribution in [2.24, 2.45) is 5.73 Å². The molecule has 2 N–H and O–H groups in total. The van der Waals surface area contributed by atoms with Crippen LogP contribution in [-0.4, -0.2) is 9.97 Å². The first-order valence-corrected chi connectivity index (χ1v) is 5.59. The van der Waals surface area contributed by atoms with E-state index in [9.17, 15) is 0 Å². The van der Waals surface area contributed by atoms with Gasteiger partial charge >= 0.3 is 0 Å². The molecule has 0 aliphatic carbocycles. The topological polar surface area (TPSA) is 48.1 Å². The van der Waals surface area contributed by atoms with Gasteiger partial charge in [0.2, 0.25) is 0 Å². The highest BCUT2D eigenvalue weighted by Gasteiger charge is 1.99. The molecule has 3 nitrogen and oxygen atoms in total. The quantitative estimate of drug-likeness (QED) is 0.838. The molecule has 0 fully saturated rings. The smallest absolute Gasteiger partial charge is 0.138 e. The van der Waals surface area contributed by atoms with Gasteiger partial charge in [-0.05, 0) is 17.7 Å². The SMILES string of the molecule is NC(=S)c1ccc(OCc2ccccc2)cn1. The van der Waals surface area contributed by atoms with E-state index < -0.39 is 0 Å². The molecule has 0 aliphatic rings. The van der Waals surface area contributed by atoms with Crippen molar-refractivity contribution in [2.75, 3.05) is 0 Å². The molecule has 0 atom stereocenters. The predicted octanol–water partition coefficient (Wildman–Crippen LogP) is 2.29. The van der Waals surface area contributed by atoms with Crippen molar-refractivity contribution in [3.05, 3.63) is 59.9 Å². The lowest BCUT2D eigenvalue weighted by molar-refractivity contribution is 0.305. The van der Waals surface area contributed by atoms with Crippen LogP contribution in [0.5, 0.6) is 5.75 Å². The second kappa shape index (κ2) is 5.41. The zero-order valence-electron chi connectivity index (χ0n) is 9.17. The number of ether oxygens (including phenoxy) is 1. The fourth-order valence-corrected chi connectivity index (χ4v) is 1.47. The molecule has 0 amide bonds. The zero-order valence-corrected chi connectivity index (χ0v) is 9.98. The molecule has 0 aliphatic heterocycles. The number of benzene rings is 1. The van der Waals surface area contributed by atoms with Crippen LogP contribution >= 0.6 is 12.2 Å². The Morgan fingerprint density at radius 1 is 1.18 bits per heavy atom. The van der Waals surface area contributed by atoms with Crippen molar-refractivity contribution < 1.29 is 4.74 Å². The maximum atomic E-state index is 5.58. The summed E-state index contributed by atoms with van der Waals surface area (Å²) < 4.78 is 5.58. The fraction of sp³-hybridized carbons (Fsp3) is 0.0769. The van der Waals surface area contributed by atoms with E-state index in [4.69, 9.17) is 22.7 Å². The van der Waals surface area contributed by atoms with Gasteiger partial charge in [0.15, 0.2) is 0 Å². The second-order valence-electron chi connectivity index (χ2n) is 3.52. The van der Waals surface area contributed by atoms with Crippen LogP contribution in [0.15, 0.2) is 48.7 Å². The minimum absolute atomic E-state index is 0.291. The van der Waals surface area contributed by atoms with Crippen LogP contribution in [-0.2, 0) is 6.61 Å². The summed E-state index contributed by atoms with van der Waals surface area (Å²) in [7, 11) is 0. The van der Waals surface area contributed by atoms with Gasteiger partial charge in [-0.3, -0.25) is 0 Å². The van der Waals surface area contributed by atoms with Crippen LogP contribution in [0.3, 0.4) is 0 Å². The predicted molar refractivity (Wildman–Crippen MR) is 70.9 cm³/mol. The summed E-state index contributed by atoms with van der Waals surface area (Å²) in [5, 5.41) is 0. The van der Waals surface area contributed by atoms with Gasteiger partial charge in [-0.2, -0.15) is 0 Å². The molecule has 2 rings (SSSR count). The molecular formula is C13H12N2OS. The minimum atomic E-state index is 0.291. The van der Waals surface area contributed by atoms with Gasteiger partial charge < -0.3 is 10.5 Å². The van der Waals surface area contributed by atoms with Crippen LogP contribution in [0.25, 0.3) is 0 Å². The van der Waals surface area contributed by atoms with Crippen molar-refractivity contribution in [1.29, 1.82) is 0 Å². The Balaban J connectivity index is 1.98. The molecule has 17 heavy (non-hydrogen) atoms. The van der Waals surface area contributed by atoms with Gasteiger partial charge in [-0.25, -0.2) is 4.98 Å².